The highest BCUT2D eigenvalue weighted by molar-refractivity contribution is 6.33. The monoisotopic (exact) mass is 584 g/mol. The molecule has 0 aliphatic carbocycles. The predicted octanol–water partition coefficient (Wildman–Crippen LogP) is 8.56. The molecule has 12 heteroatoms. The molecule has 2 aromatic carbocycles. The van der Waals surface area contributed by atoms with Gasteiger partial charge in [0.15, 0.2) is 0 Å². The fourth-order valence-corrected chi connectivity index (χ4v) is 4.67. The summed E-state index contributed by atoms with van der Waals surface area (Å²) in [6.45, 7) is 3.12. The van der Waals surface area contributed by atoms with Gasteiger partial charge in [-0.25, -0.2) is 4.79 Å². The number of rotatable bonds is 6. The second kappa shape index (κ2) is 11.0. The van der Waals surface area contributed by atoms with Crippen LogP contribution in [0.3, 0.4) is 0 Å². The molecule has 0 radical (unpaired) electrons. The molecule has 1 fully saturated rings. The van der Waals surface area contributed by atoms with Gasteiger partial charge in [-0.2, -0.15) is 26.3 Å². The lowest BCUT2D eigenvalue weighted by Gasteiger charge is -2.23. The van der Waals surface area contributed by atoms with Gasteiger partial charge in [0.05, 0.1) is 42.2 Å². The summed E-state index contributed by atoms with van der Waals surface area (Å²) in [6, 6.07) is 8.72. The topological polar surface area (TPSA) is 51.7 Å². The predicted molar refractivity (Wildman–Crippen MR) is 137 cm³/mol. The molecule has 0 bridgehead atoms. The van der Waals surface area contributed by atoms with E-state index in [4.69, 9.17) is 21.1 Å². The van der Waals surface area contributed by atoms with Gasteiger partial charge < -0.3 is 9.47 Å². The van der Waals surface area contributed by atoms with Gasteiger partial charge in [-0.1, -0.05) is 23.7 Å². The van der Waals surface area contributed by atoms with Gasteiger partial charge in [-0.15, -0.1) is 0 Å². The number of carbonyl (C=O) groups is 1. The van der Waals surface area contributed by atoms with Crippen molar-refractivity contribution in [1.82, 2.24) is 9.88 Å². The van der Waals surface area contributed by atoms with Crippen LogP contribution in [0.15, 0.2) is 54.6 Å². The van der Waals surface area contributed by atoms with Crippen molar-refractivity contribution in [3.63, 3.8) is 0 Å². The molecular weight excluding hydrogens is 562 g/mol. The average Bonchev–Trinajstić information content (AvgIpc) is 3.17. The summed E-state index contributed by atoms with van der Waals surface area (Å²) in [4.78, 5) is 18.8. The SMILES string of the molecule is CC=Cc1ccc(-c2cc(OC)ccc2Cl)c(CN2C(=O)O[C@H](c3cc(C(F)(F)F)cc(C(F)(F)F)c3)[C@@H]2C)n1. The summed E-state index contributed by atoms with van der Waals surface area (Å²) < 4.78 is 91.2. The third-order valence-electron chi connectivity index (χ3n) is 6.45. The number of amides is 1. The molecule has 1 aliphatic rings. The van der Waals surface area contributed by atoms with E-state index in [9.17, 15) is 31.1 Å². The van der Waals surface area contributed by atoms with Crippen molar-refractivity contribution >= 4 is 23.8 Å². The van der Waals surface area contributed by atoms with Crippen LogP contribution < -0.4 is 4.74 Å². The van der Waals surface area contributed by atoms with Crippen LogP contribution in [0.1, 0.15) is 48.0 Å². The number of aromatic nitrogens is 1. The van der Waals surface area contributed by atoms with Crippen molar-refractivity contribution < 1.29 is 40.6 Å². The first kappa shape index (κ1) is 29.3. The summed E-state index contributed by atoms with van der Waals surface area (Å²) in [6.07, 6.45) is -8.88. The molecule has 40 heavy (non-hydrogen) atoms. The second-order valence-electron chi connectivity index (χ2n) is 9.09. The molecule has 2 atom stereocenters. The van der Waals surface area contributed by atoms with Crippen LogP contribution in [0.5, 0.6) is 5.75 Å². The minimum Gasteiger partial charge on any atom is -0.497 e. The van der Waals surface area contributed by atoms with E-state index < -0.39 is 47.3 Å². The molecule has 1 aliphatic heterocycles. The third kappa shape index (κ3) is 6.04. The number of benzene rings is 2. The molecule has 4 rings (SSSR count). The van der Waals surface area contributed by atoms with Crippen molar-refractivity contribution in [3.05, 3.63) is 87.7 Å². The maximum Gasteiger partial charge on any atom is 0.416 e. The molecule has 1 saturated heterocycles. The van der Waals surface area contributed by atoms with Crippen LogP contribution in [-0.4, -0.2) is 29.1 Å². The van der Waals surface area contributed by atoms with Crippen LogP contribution in [0.25, 0.3) is 17.2 Å². The number of methoxy groups -OCH3 is 1. The number of cyclic esters (lactones) is 1. The quantitative estimate of drug-likeness (QED) is 0.272. The van der Waals surface area contributed by atoms with Crippen LogP contribution in [0.4, 0.5) is 31.1 Å². The summed E-state index contributed by atoms with van der Waals surface area (Å²) >= 11 is 6.45. The number of hydrogen-bond donors (Lipinski definition) is 0. The standard InChI is InChI=1S/C28H23ClF6N2O3/c1-4-5-19-6-8-21(22-13-20(39-3)7-9-23(22)29)24(36-19)14-37-15(2)25(40-26(37)38)16-10-17(27(30,31)32)12-18(11-16)28(33,34)35/h4-13,15,25H,14H2,1-3H3/t15-,25-/m0/s1. The summed E-state index contributed by atoms with van der Waals surface area (Å²) in [7, 11) is 1.49. The maximum atomic E-state index is 13.4. The Morgan fingerprint density at radius 3 is 2.23 bits per heavy atom. The molecule has 0 unspecified atom stereocenters. The van der Waals surface area contributed by atoms with Gasteiger partial charge in [0.2, 0.25) is 0 Å². The zero-order chi connectivity index (χ0) is 29.4. The normalized spacial score (nSPS) is 17.9. The smallest absolute Gasteiger partial charge is 0.416 e. The van der Waals surface area contributed by atoms with Crippen LogP contribution >= 0.6 is 11.6 Å². The fourth-order valence-electron chi connectivity index (χ4n) is 4.45. The van der Waals surface area contributed by atoms with Gasteiger partial charge >= 0.3 is 18.4 Å². The van der Waals surface area contributed by atoms with Gasteiger partial charge in [0.1, 0.15) is 11.9 Å². The van der Waals surface area contributed by atoms with Gasteiger partial charge in [-0.3, -0.25) is 9.88 Å². The zero-order valence-corrected chi connectivity index (χ0v) is 22.2. The van der Waals surface area contributed by atoms with E-state index in [0.29, 0.717) is 45.4 Å². The van der Waals surface area contributed by atoms with Crippen molar-refractivity contribution in [2.45, 2.75) is 44.9 Å². The molecule has 1 amide bonds. The zero-order valence-electron chi connectivity index (χ0n) is 21.4. The minimum absolute atomic E-state index is 0.0313. The lowest BCUT2D eigenvalue weighted by molar-refractivity contribution is -0.143. The highest BCUT2D eigenvalue weighted by atomic mass is 35.5. The van der Waals surface area contributed by atoms with Crippen LogP contribution in [0, 0.1) is 0 Å². The molecule has 212 valence electrons. The molecule has 5 nitrogen and oxygen atoms in total. The Morgan fingerprint density at radius 2 is 1.65 bits per heavy atom. The van der Waals surface area contributed by atoms with Crippen molar-refractivity contribution in [2.75, 3.05) is 7.11 Å². The van der Waals surface area contributed by atoms with Crippen molar-refractivity contribution in [3.8, 4) is 16.9 Å². The van der Waals surface area contributed by atoms with Gasteiger partial charge in [0.25, 0.3) is 0 Å². The molecule has 1 aromatic heterocycles. The molecule has 3 aromatic rings. The first-order chi connectivity index (χ1) is 18.7. The summed E-state index contributed by atoms with van der Waals surface area (Å²) in [5.41, 5.74) is -1.35. The third-order valence-corrected chi connectivity index (χ3v) is 6.78. The lowest BCUT2D eigenvalue weighted by Crippen LogP contribution is -2.32. The fraction of sp³-hybridized carbons (Fsp3) is 0.286. The van der Waals surface area contributed by atoms with E-state index in [1.165, 1.54) is 18.9 Å². The number of allylic oxidation sites excluding steroid dienone is 1. The lowest BCUT2D eigenvalue weighted by atomic mass is 9.97. The van der Waals surface area contributed by atoms with E-state index in [0.717, 1.165) is 0 Å². The molecule has 2 heterocycles. The number of ether oxygens (including phenoxy) is 2. The highest BCUT2D eigenvalue weighted by Crippen LogP contribution is 2.42. The Balaban J connectivity index is 1.75. The Kier molecular flexibility index (Phi) is 8.07. The number of carbonyl (C=O) groups excluding carboxylic acids is 1. The summed E-state index contributed by atoms with van der Waals surface area (Å²) in [5, 5.41) is 0.376. The Labute approximate surface area is 231 Å². The average molecular weight is 585 g/mol. The minimum atomic E-state index is -5.04. The molecular formula is C28H23ClF6N2O3. The van der Waals surface area contributed by atoms with E-state index in [1.807, 2.05) is 0 Å². The Morgan fingerprint density at radius 1 is 1.00 bits per heavy atom. The van der Waals surface area contributed by atoms with E-state index >= 15 is 0 Å². The Hall–Kier alpha value is -3.73. The van der Waals surface area contributed by atoms with Gasteiger partial charge in [-0.05, 0) is 68.0 Å². The van der Waals surface area contributed by atoms with E-state index in [-0.39, 0.29) is 12.6 Å². The number of pyridine rings is 1. The van der Waals surface area contributed by atoms with Crippen LogP contribution in [-0.2, 0) is 23.6 Å². The largest absolute Gasteiger partial charge is 0.497 e. The second-order valence-corrected chi connectivity index (χ2v) is 9.50. The van der Waals surface area contributed by atoms with Crippen LogP contribution in [0.2, 0.25) is 5.02 Å². The molecule has 0 spiro atoms. The summed E-state index contributed by atoms with van der Waals surface area (Å²) in [5.74, 6) is 0.516. The van der Waals surface area contributed by atoms with Crippen molar-refractivity contribution in [2.24, 2.45) is 0 Å². The van der Waals surface area contributed by atoms with Crippen molar-refractivity contribution in [1.29, 1.82) is 0 Å². The number of nitrogens with zero attached hydrogens (tertiary/aromatic N) is 2. The first-order valence-electron chi connectivity index (χ1n) is 12.0. The first-order valence-corrected chi connectivity index (χ1v) is 12.3. The maximum absolute atomic E-state index is 13.4. The number of hydrogen-bond acceptors (Lipinski definition) is 4. The Bertz CT molecular complexity index is 1420. The molecule has 0 N–H and O–H groups in total. The number of alkyl halides is 6. The van der Waals surface area contributed by atoms with E-state index in [2.05, 4.69) is 4.98 Å². The number of halogens is 7. The highest BCUT2D eigenvalue weighted by Gasteiger charge is 2.43. The van der Waals surface area contributed by atoms with E-state index in [1.54, 1.807) is 49.4 Å². The van der Waals surface area contributed by atoms with Gasteiger partial charge in [0, 0.05) is 16.1 Å². The molecule has 0 saturated carbocycles.